The highest BCUT2D eigenvalue weighted by molar-refractivity contribution is 7.98. The summed E-state index contributed by atoms with van der Waals surface area (Å²) in [5.41, 5.74) is 1.03. The maximum absolute atomic E-state index is 5.16. The molecule has 0 bridgehead atoms. The monoisotopic (exact) mass is 240 g/mol. The van der Waals surface area contributed by atoms with Crippen LogP contribution < -0.4 is 10.6 Å². The van der Waals surface area contributed by atoms with E-state index < -0.39 is 0 Å². The van der Waals surface area contributed by atoms with Gasteiger partial charge in [-0.25, -0.2) is 0 Å². The molecule has 1 rings (SSSR count). The first-order chi connectivity index (χ1) is 7.33. The average molecular weight is 240 g/mol. The smallest absolute Gasteiger partial charge is 0.170 e. The van der Waals surface area contributed by atoms with E-state index in [0.717, 1.165) is 18.7 Å². The molecule has 4 heteroatoms. The first-order valence-corrected chi connectivity index (χ1v) is 6.72. The van der Waals surface area contributed by atoms with Crippen LogP contribution in [0.3, 0.4) is 0 Å². The van der Waals surface area contributed by atoms with Crippen LogP contribution in [0.4, 0.5) is 5.69 Å². The summed E-state index contributed by atoms with van der Waals surface area (Å²) in [4.78, 5) is 0. The molecule has 0 radical (unpaired) electrons. The molecule has 0 atom stereocenters. The van der Waals surface area contributed by atoms with Gasteiger partial charge in [0.2, 0.25) is 0 Å². The van der Waals surface area contributed by atoms with Crippen LogP contribution in [0.2, 0.25) is 0 Å². The number of anilines is 1. The molecule has 0 saturated heterocycles. The average Bonchev–Trinajstić information content (AvgIpc) is 2.26. The van der Waals surface area contributed by atoms with E-state index in [-0.39, 0.29) is 0 Å². The van der Waals surface area contributed by atoms with Crippen molar-refractivity contribution >= 4 is 34.8 Å². The molecule has 0 unspecified atom stereocenters. The number of thioether (sulfide) groups is 1. The molecular weight excluding hydrogens is 224 g/mol. The summed E-state index contributed by atoms with van der Waals surface area (Å²) in [6.07, 6.45) is 3.25. The Hall–Kier alpha value is -0.740. The Kier molecular flexibility index (Phi) is 6.20. The summed E-state index contributed by atoms with van der Waals surface area (Å²) in [7, 11) is 0. The van der Waals surface area contributed by atoms with Crippen LogP contribution in [0.5, 0.6) is 0 Å². The van der Waals surface area contributed by atoms with E-state index in [0.29, 0.717) is 5.11 Å². The van der Waals surface area contributed by atoms with E-state index in [9.17, 15) is 0 Å². The second-order valence-electron chi connectivity index (χ2n) is 3.09. The third-order valence-corrected chi connectivity index (χ3v) is 2.79. The molecule has 0 aromatic heterocycles. The number of nitrogens with one attached hydrogen (secondary N) is 2. The van der Waals surface area contributed by atoms with Crippen molar-refractivity contribution in [2.24, 2.45) is 0 Å². The molecule has 0 aliphatic heterocycles. The van der Waals surface area contributed by atoms with Crippen LogP contribution in [0, 0.1) is 0 Å². The molecule has 15 heavy (non-hydrogen) atoms. The number of benzene rings is 1. The number of thiocarbonyl (C=S) groups is 1. The number of rotatable bonds is 5. The van der Waals surface area contributed by atoms with Gasteiger partial charge in [0.05, 0.1) is 0 Å². The van der Waals surface area contributed by atoms with E-state index >= 15 is 0 Å². The first-order valence-electron chi connectivity index (χ1n) is 4.92. The molecule has 0 saturated carbocycles. The highest BCUT2D eigenvalue weighted by atomic mass is 32.2. The van der Waals surface area contributed by atoms with Crippen molar-refractivity contribution in [3.63, 3.8) is 0 Å². The summed E-state index contributed by atoms with van der Waals surface area (Å²) in [5, 5.41) is 7.00. The fourth-order valence-electron chi connectivity index (χ4n) is 1.12. The van der Waals surface area contributed by atoms with Gasteiger partial charge in [0.25, 0.3) is 0 Å². The Bertz CT molecular complexity index is 288. The topological polar surface area (TPSA) is 24.1 Å². The third kappa shape index (κ3) is 5.64. The Labute approximate surface area is 101 Å². The minimum absolute atomic E-state index is 0.697. The van der Waals surface area contributed by atoms with Crippen LogP contribution >= 0.6 is 24.0 Å². The van der Waals surface area contributed by atoms with Crippen molar-refractivity contribution in [3.05, 3.63) is 30.3 Å². The summed E-state index contributed by atoms with van der Waals surface area (Å²) in [5.74, 6) is 1.17. The molecule has 0 aliphatic rings. The lowest BCUT2D eigenvalue weighted by atomic mass is 10.3. The van der Waals surface area contributed by atoms with E-state index in [2.05, 4.69) is 16.9 Å². The van der Waals surface area contributed by atoms with Crippen molar-refractivity contribution in [3.8, 4) is 0 Å². The molecule has 0 fully saturated rings. The molecular formula is C11H16N2S2. The molecule has 0 amide bonds. The molecule has 1 aromatic rings. The van der Waals surface area contributed by atoms with Gasteiger partial charge in [-0.3, -0.25) is 0 Å². The minimum atomic E-state index is 0.697. The minimum Gasteiger partial charge on any atom is -0.362 e. The van der Waals surface area contributed by atoms with Crippen LogP contribution in [0.15, 0.2) is 30.3 Å². The first kappa shape index (κ1) is 12.3. The van der Waals surface area contributed by atoms with Gasteiger partial charge in [0, 0.05) is 12.2 Å². The Morgan fingerprint density at radius 2 is 2.07 bits per heavy atom. The third-order valence-electron chi connectivity index (χ3n) is 1.84. The van der Waals surface area contributed by atoms with Crippen molar-refractivity contribution in [1.29, 1.82) is 0 Å². The molecule has 2 N–H and O–H groups in total. The van der Waals surface area contributed by atoms with Crippen molar-refractivity contribution in [2.45, 2.75) is 6.42 Å². The fraction of sp³-hybridized carbons (Fsp3) is 0.364. The van der Waals surface area contributed by atoms with Crippen LogP contribution in [0.1, 0.15) is 6.42 Å². The zero-order valence-electron chi connectivity index (χ0n) is 8.82. The number of hydrogen-bond donors (Lipinski definition) is 2. The maximum Gasteiger partial charge on any atom is 0.170 e. The fourth-order valence-corrected chi connectivity index (χ4v) is 1.77. The molecule has 82 valence electrons. The number of hydrogen-bond acceptors (Lipinski definition) is 2. The molecule has 0 spiro atoms. The van der Waals surface area contributed by atoms with Gasteiger partial charge in [-0.2, -0.15) is 11.8 Å². The van der Waals surface area contributed by atoms with E-state index in [1.54, 1.807) is 0 Å². The lowest BCUT2D eigenvalue weighted by Gasteiger charge is -2.09. The standard InChI is InChI=1S/C11H16N2S2/c1-15-9-5-8-12-11(14)13-10-6-3-2-4-7-10/h2-4,6-7H,5,8-9H2,1H3,(H2,12,13,14). The Morgan fingerprint density at radius 1 is 1.33 bits per heavy atom. The highest BCUT2D eigenvalue weighted by Gasteiger charge is 1.95. The second-order valence-corrected chi connectivity index (χ2v) is 4.49. The van der Waals surface area contributed by atoms with Gasteiger partial charge in [-0.15, -0.1) is 0 Å². The largest absolute Gasteiger partial charge is 0.362 e. The Balaban J connectivity index is 2.19. The van der Waals surface area contributed by atoms with Gasteiger partial charge < -0.3 is 10.6 Å². The quantitative estimate of drug-likeness (QED) is 0.610. The van der Waals surface area contributed by atoms with Crippen molar-refractivity contribution in [1.82, 2.24) is 5.32 Å². The number of para-hydroxylation sites is 1. The summed E-state index contributed by atoms with van der Waals surface area (Å²) < 4.78 is 0. The van der Waals surface area contributed by atoms with Gasteiger partial charge >= 0.3 is 0 Å². The molecule has 0 heterocycles. The van der Waals surface area contributed by atoms with Crippen LogP contribution in [0.25, 0.3) is 0 Å². The molecule has 2 nitrogen and oxygen atoms in total. The maximum atomic E-state index is 5.16. The second kappa shape index (κ2) is 7.54. The van der Waals surface area contributed by atoms with Crippen molar-refractivity contribution in [2.75, 3.05) is 23.9 Å². The SMILES string of the molecule is CSCCCNC(=S)Nc1ccccc1. The van der Waals surface area contributed by atoms with Crippen LogP contribution in [-0.4, -0.2) is 23.7 Å². The van der Waals surface area contributed by atoms with E-state index in [1.165, 1.54) is 5.75 Å². The molecule has 1 aromatic carbocycles. The predicted molar refractivity (Wildman–Crippen MR) is 73.7 cm³/mol. The lowest BCUT2D eigenvalue weighted by molar-refractivity contribution is 0.855. The summed E-state index contributed by atoms with van der Waals surface area (Å²) in [6.45, 7) is 0.930. The zero-order valence-corrected chi connectivity index (χ0v) is 10.5. The van der Waals surface area contributed by atoms with Crippen LogP contribution in [-0.2, 0) is 0 Å². The normalized spacial score (nSPS) is 9.67. The lowest BCUT2D eigenvalue weighted by Crippen LogP contribution is -2.29. The summed E-state index contributed by atoms with van der Waals surface area (Å²) >= 11 is 7.01. The summed E-state index contributed by atoms with van der Waals surface area (Å²) in [6, 6.07) is 9.95. The van der Waals surface area contributed by atoms with Crippen molar-refractivity contribution < 1.29 is 0 Å². The van der Waals surface area contributed by atoms with Gasteiger partial charge in [0.1, 0.15) is 0 Å². The predicted octanol–water partition coefficient (Wildman–Crippen LogP) is 2.73. The van der Waals surface area contributed by atoms with Gasteiger partial charge in [-0.1, -0.05) is 18.2 Å². The molecule has 0 aliphatic carbocycles. The Morgan fingerprint density at radius 3 is 2.73 bits per heavy atom. The van der Waals surface area contributed by atoms with Gasteiger partial charge in [-0.05, 0) is 42.8 Å². The van der Waals surface area contributed by atoms with E-state index in [1.807, 2.05) is 42.1 Å². The highest BCUT2D eigenvalue weighted by Crippen LogP contribution is 2.04. The van der Waals surface area contributed by atoms with Gasteiger partial charge in [0.15, 0.2) is 5.11 Å². The van der Waals surface area contributed by atoms with E-state index in [4.69, 9.17) is 12.2 Å². The zero-order chi connectivity index (χ0) is 10.9.